The molecule has 0 saturated heterocycles. The summed E-state index contributed by atoms with van der Waals surface area (Å²) in [6.45, 7) is -1.10. The van der Waals surface area contributed by atoms with Crippen LogP contribution in [-0.4, -0.2) is 60.2 Å². The van der Waals surface area contributed by atoms with Crippen LogP contribution >= 0.6 is 0 Å². The zero-order valence-electron chi connectivity index (χ0n) is 21.9. The minimum Gasteiger partial charge on any atom is -0.550 e. The molecule has 0 aromatic rings. The van der Waals surface area contributed by atoms with Crippen LogP contribution in [0.4, 0.5) is 0 Å². The van der Waals surface area contributed by atoms with Gasteiger partial charge in [-0.25, -0.2) is 0 Å². The van der Waals surface area contributed by atoms with E-state index in [0.717, 1.165) is 0 Å². The molecule has 0 aromatic heterocycles. The molecule has 3 aliphatic carbocycles. The molecule has 218 valence electrons. The standard InChI is InChI=1S/C27H38O12/c28-22(29)16-7-1-4-10-19(16)25(34)37-13-15(39-27(36)21-12-6-3-9-18(21)24(32)33)14-38-26(35)20-11-5-2-8-17(20)23(30)31/h15-21H,1-14H2,(H,28,29)(H,30,31)(H,32,33)/p-2. The van der Waals surface area contributed by atoms with E-state index in [1.54, 1.807) is 0 Å². The maximum atomic E-state index is 12.9. The second kappa shape index (κ2) is 14.3. The molecule has 3 fully saturated rings. The summed E-state index contributed by atoms with van der Waals surface area (Å²) in [5.74, 6) is -12.0. The second-order valence-corrected chi connectivity index (χ2v) is 10.8. The van der Waals surface area contributed by atoms with Crippen LogP contribution in [0.3, 0.4) is 0 Å². The van der Waals surface area contributed by atoms with E-state index >= 15 is 0 Å². The van der Waals surface area contributed by atoms with Crippen molar-refractivity contribution in [1.29, 1.82) is 0 Å². The molecule has 0 amide bonds. The molecule has 3 saturated carbocycles. The molecular formula is C27H36O12-2. The highest BCUT2D eigenvalue weighted by atomic mass is 16.6. The molecule has 0 bridgehead atoms. The highest BCUT2D eigenvalue weighted by Gasteiger charge is 2.39. The minimum atomic E-state index is -1.37. The summed E-state index contributed by atoms with van der Waals surface area (Å²) >= 11 is 0. The van der Waals surface area contributed by atoms with Gasteiger partial charge in [-0.15, -0.1) is 0 Å². The fourth-order valence-corrected chi connectivity index (χ4v) is 6.03. The minimum absolute atomic E-state index is 0.251. The number of hydrogen-bond acceptors (Lipinski definition) is 11. The van der Waals surface area contributed by atoms with Gasteiger partial charge in [-0.1, -0.05) is 38.5 Å². The molecule has 3 aliphatic rings. The lowest BCUT2D eigenvalue weighted by molar-refractivity contribution is -0.315. The number of carbonyl (C=O) groups excluding carboxylic acids is 5. The summed E-state index contributed by atoms with van der Waals surface area (Å²) in [6.07, 6.45) is 4.29. The average molecular weight is 553 g/mol. The summed E-state index contributed by atoms with van der Waals surface area (Å²) in [4.78, 5) is 73.0. The van der Waals surface area contributed by atoms with E-state index < -0.39 is 90.6 Å². The van der Waals surface area contributed by atoms with E-state index in [2.05, 4.69) is 0 Å². The summed E-state index contributed by atoms with van der Waals surface area (Å²) in [5, 5.41) is 32.5. The monoisotopic (exact) mass is 552 g/mol. The van der Waals surface area contributed by atoms with Gasteiger partial charge in [0.15, 0.2) is 6.10 Å². The summed E-state index contributed by atoms with van der Waals surface area (Å²) in [6, 6.07) is 0. The van der Waals surface area contributed by atoms with Gasteiger partial charge in [-0.05, 0) is 38.5 Å². The van der Waals surface area contributed by atoms with Crippen LogP contribution in [0.15, 0.2) is 0 Å². The molecule has 7 unspecified atom stereocenters. The van der Waals surface area contributed by atoms with E-state index in [9.17, 15) is 44.1 Å². The van der Waals surface area contributed by atoms with Gasteiger partial charge in [0.1, 0.15) is 13.2 Å². The number of ether oxygens (including phenoxy) is 3. The van der Waals surface area contributed by atoms with Crippen LogP contribution in [0, 0.1) is 35.5 Å². The Bertz CT molecular complexity index is 880. The molecule has 0 spiro atoms. The number of rotatable bonds is 11. The maximum absolute atomic E-state index is 12.9. The van der Waals surface area contributed by atoms with Crippen molar-refractivity contribution in [3.8, 4) is 0 Å². The van der Waals surface area contributed by atoms with Crippen LogP contribution in [0.5, 0.6) is 0 Å². The fraction of sp³-hybridized carbons (Fsp3) is 0.778. The first-order valence-electron chi connectivity index (χ1n) is 13.8. The maximum Gasteiger partial charge on any atom is 0.310 e. The molecule has 39 heavy (non-hydrogen) atoms. The summed E-state index contributed by atoms with van der Waals surface area (Å²) in [5.41, 5.74) is 0. The van der Waals surface area contributed by atoms with E-state index in [-0.39, 0.29) is 19.3 Å². The lowest BCUT2D eigenvalue weighted by Crippen LogP contribution is -2.44. The molecule has 7 atom stereocenters. The topological polar surface area (TPSA) is 196 Å². The normalized spacial score (nSPS) is 29.8. The Hall–Kier alpha value is -3.18. The first-order valence-corrected chi connectivity index (χ1v) is 13.8. The van der Waals surface area contributed by atoms with Crippen molar-refractivity contribution in [3.05, 3.63) is 0 Å². The smallest absolute Gasteiger partial charge is 0.310 e. The van der Waals surface area contributed by atoms with Crippen molar-refractivity contribution in [3.63, 3.8) is 0 Å². The number of esters is 3. The first-order chi connectivity index (χ1) is 18.6. The van der Waals surface area contributed by atoms with Crippen molar-refractivity contribution < 1.29 is 58.3 Å². The zero-order chi connectivity index (χ0) is 28.5. The SMILES string of the molecule is O=C([O-])C1CCCCC1C(=O)OCC(COC(=O)C1CCCCC1C(=O)O)OC(=O)C1CCCCC1C(=O)[O-]. The van der Waals surface area contributed by atoms with Crippen LogP contribution in [0.1, 0.15) is 77.0 Å². The largest absolute Gasteiger partial charge is 0.550 e. The van der Waals surface area contributed by atoms with Crippen molar-refractivity contribution >= 4 is 35.8 Å². The van der Waals surface area contributed by atoms with Gasteiger partial charge in [0.25, 0.3) is 0 Å². The van der Waals surface area contributed by atoms with Gasteiger partial charge < -0.3 is 39.1 Å². The van der Waals surface area contributed by atoms with Gasteiger partial charge in [0.05, 0.1) is 23.7 Å². The van der Waals surface area contributed by atoms with Crippen molar-refractivity contribution in [1.82, 2.24) is 0 Å². The van der Waals surface area contributed by atoms with E-state index in [4.69, 9.17) is 14.2 Å². The number of aliphatic carboxylic acids is 3. The summed E-state index contributed by atoms with van der Waals surface area (Å²) in [7, 11) is 0. The number of carboxylic acid groups (broad SMARTS) is 3. The third kappa shape index (κ3) is 8.15. The Kier molecular flexibility index (Phi) is 11.1. The molecule has 0 heterocycles. The third-order valence-corrected chi connectivity index (χ3v) is 8.23. The Morgan fingerprint density at radius 3 is 1.28 bits per heavy atom. The van der Waals surface area contributed by atoms with Gasteiger partial charge in [-0.3, -0.25) is 19.2 Å². The lowest BCUT2D eigenvalue weighted by atomic mass is 9.79. The van der Waals surface area contributed by atoms with E-state index in [0.29, 0.717) is 57.8 Å². The summed E-state index contributed by atoms with van der Waals surface area (Å²) < 4.78 is 16.1. The highest BCUT2D eigenvalue weighted by molar-refractivity contribution is 5.82. The number of carbonyl (C=O) groups is 6. The first kappa shape index (κ1) is 30.4. The van der Waals surface area contributed by atoms with E-state index in [1.807, 2.05) is 0 Å². The van der Waals surface area contributed by atoms with Gasteiger partial charge in [0, 0.05) is 23.8 Å². The third-order valence-electron chi connectivity index (χ3n) is 8.23. The molecule has 0 aliphatic heterocycles. The zero-order valence-corrected chi connectivity index (χ0v) is 21.9. The molecule has 3 rings (SSSR count). The molecule has 12 nitrogen and oxygen atoms in total. The Balaban J connectivity index is 1.68. The number of carboxylic acids is 3. The van der Waals surface area contributed by atoms with Crippen molar-refractivity contribution in [2.75, 3.05) is 13.2 Å². The predicted molar refractivity (Wildman–Crippen MR) is 126 cm³/mol. The molecule has 0 aromatic carbocycles. The quantitative estimate of drug-likeness (QED) is 0.266. The molecule has 1 N–H and O–H groups in total. The van der Waals surface area contributed by atoms with Crippen LogP contribution in [-0.2, 0) is 43.0 Å². The second-order valence-electron chi connectivity index (χ2n) is 10.8. The van der Waals surface area contributed by atoms with Crippen LogP contribution < -0.4 is 10.2 Å². The fourth-order valence-electron chi connectivity index (χ4n) is 6.03. The van der Waals surface area contributed by atoms with Gasteiger partial charge in [-0.2, -0.15) is 0 Å². The molecule has 0 radical (unpaired) electrons. The predicted octanol–water partition coefficient (Wildman–Crippen LogP) is -0.0118. The van der Waals surface area contributed by atoms with E-state index in [1.165, 1.54) is 0 Å². The van der Waals surface area contributed by atoms with Crippen LogP contribution in [0.2, 0.25) is 0 Å². The number of hydrogen-bond donors (Lipinski definition) is 1. The van der Waals surface area contributed by atoms with Gasteiger partial charge in [0.2, 0.25) is 0 Å². The Labute approximate surface area is 226 Å². The Morgan fingerprint density at radius 1 is 0.564 bits per heavy atom. The molecular weight excluding hydrogens is 516 g/mol. The highest BCUT2D eigenvalue weighted by Crippen LogP contribution is 2.33. The Morgan fingerprint density at radius 2 is 0.897 bits per heavy atom. The lowest BCUT2D eigenvalue weighted by Gasteiger charge is -2.32. The van der Waals surface area contributed by atoms with Crippen molar-refractivity contribution in [2.24, 2.45) is 35.5 Å². The van der Waals surface area contributed by atoms with Gasteiger partial charge >= 0.3 is 23.9 Å². The average Bonchev–Trinajstić information content (AvgIpc) is 2.93. The van der Waals surface area contributed by atoms with Crippen molar-refractivity contribution in [2.45, 2.75) is 83.2 Å². The van der Waals surface area contributed by atoms with Crippen LogP contribution in [0.25, 0.3) is 0 Å². The molecule has 12 heteroatoms.